The topological polar surface area (TPSA) is 134 Å². The van der Waals surface area contributed by atoms with Crippen LogP contribution in [0.2, 0.25) is 0 Å². The van der Waals surface area contributed by atoms with Gasteiger partial charge in [0.15, 0.2) is 12.0 Å². The molecule has 33 heavy (non-hydrogen) atoms. The highest BCUT2D eigenvalue weighted by molar-refractivity contribution is 5.68. The first-order valence-corrected chi connectivity index (χ1v) is 12.0. The van der Waals surface area contributed by atoms with Crippen molar-refractivity contribution < 1.29 is 24.7 Å². The zero-order valence-electron chi connectivity index (χ0n) is 19.4. The van der Waals surface area contributed by atoms with Gasteiger partial charge < -0.3 is 30.0 Å². The predicted molar refractivity (Wildman–Crippen MR) is 118 cm³/mol. The van der Waals surface area contributed by atoms with Gasteiger partial charge in [-0.2, -0.15) is 4.57 Å². The molecule has 1 saturated carbocycles. The molecule has 0 aromatic carbocycles. The lowest BCUT2D eigenvalue weighted by Crippen LogP contribution is -2.51. The number of nitrogens with zero attached hydrogens (tertiary/aromatic N) is 5. The molecule has 2 saturated heterocycles. The van der Waals surface area contributed by atoms with Crippen LogP contribution in [0.4, 0.5) is 10.6 Å². The van der Waals surface area contributed by atoms with Crippen LogP contribution in [0.3, 0.4) is 0 Å². The van der Waals surface area contributed by atoms with E-state index in [-0.39, 0.29) is 23.8 Å². The van der Waals surface area contributed by atoms with E-state index in [1.165, 1.54) is 6.20 Å². The molecule has 3 aliphatic rings. The van der Waals surface area contributed by atoms with E-state index in [4.69, 9.17) is 4.74 Å². The summed E-state index contributed by atoms with van der Waals surface area (Å²) < 4.78 is 6.78. The van der Waals surface area contributed by atoms with Crippen molar-refractivity contribution in [3.63, 3.8) is 0 Å². The highest BCUT2D eigenvalue weighted by atomic mass is 16.6. The Morgan fingerprint density at radius 3 is 2.52 bits per heavy atom. The molecule has 4 unspecified atom stereocenters. The largest absolute Gasteiger partial charge is 0.450 e. The molecule has 4 rings (SSSR count). The lowest BCUT2D eigenvalue weighted by atomic mass is 9.73. The molecular formula is C22H35N5O6. The first-order chi connectivity index (χ1) is 15.8. The molecule has 2 N–H and O–H groups in total. The van der Waals surface area contributed by atoms with E-state index in [9.17, 15) is 25.1 Å². The van der Waals surface area contributed by atoms with E-state index >= 15 is 0 Å². The van der Waals surface area contributed by atoms with Crippen molar-refractivity contribution in [2.24, 2.45) is 11.3 Å². The van der Waals surface area contributed by atoms with Gasteiger partial charge in [0, 0.05) is 31.8 Å². The minimum atomic E-state index is -0.527. The minimum absolute atomic E-state index is 0.128. The van der Waals surface area contributed by atoms with Crippen molar-refractivity contribution >= 4 is 11.9 Å². The highest BCUT2D eigenvalue weighted by Gasteiger charge is 2.50. The van der Waals surface area contributed by atoms with Crippen LogP contribution < -0.4 is 0 Å². The summed E-state index contributed by atoms with van der Waals surface area (Å²) in [6.07, 6.45) is 3.61. The first kappa shape index (κ1) is 23.9. The predicted octanol–water partition coefficient (Wildman–Crippen LogP) is 2.06. The Morgan fingerprint density at radius 1 is 1.24 bits per heavy atom. The van der Waals surface area contributed by atoms with E-state index in [0.29, 0.717) is 31.6 Å². The third-order valence-electron chi connectivity index (χ3n) is 7.98. The maximum Gasteiger partial charge on any atom is 0.413 e. The number of aryl methyl sites for hydroxylation is 1. The van der Waals surface area contributed by atoms with E-state index in [0.717, 1.165) is 38.9 Å². The molecule has 4 atom stereocenters. The first-order valence-electron chi connectivity index (χ1n) is 12.0. The molecule has 2 aliphatic heterocycles. The standard InChI is InChI=1S/C22H35N5O6/c1-3-33-21(30)25-9-6-16(12-19(25)26-15(2)23-13-20(26)27(31)32)14-24-10-7-22(8-11-24)17(28)4-5-18(22)29/h13,16-19,28-29H,3-12,14H2,1-2H3. The Labute approximate surface area is 193 Å². The molecule has 11 heteroatoms. The van der Waals surface area contributed by atoms with Gasteiger partial charge in [-0.15, -0.1) is 0 Å². The summed E-state index contributed by atoms with van der Waals surface area (Å²) >= 11 is 0. The van der Waals surface area contributed by atoms with Gasteiger partial charge in [-0.25, -0.2) is 9.78 Å². The second-order valence-electron chi connectivity index (χ2n) is 9.70. The van der Waals surface area contributed by atoms with Crippen LogP contribution in [0, 0.1) is 28.4 Å². The third kappa shape index (κ3) is 4.45. The number of aliphatic hydroxyl groups excluding tert-OH is 2. The number of ether oxygens (including phenoxy) is 1. The van der Waals surface area contributed by atoms with Crippen LogP contribution in [0.5, 0.6) is 0 Å². The molecule has 0 radical (unpaired) electrons. The SMILES string of the molecule is CCOC(=O)N1CCC(CN2CCC3(CC2)C(O)CCC3O)CC1n1c([N+](=O)[O-])cnc1C. The lowest BCUT2D eigenvalue weighted by Gasteiger charge is -2.45. The quantitative estimate of drug-likeness (QED) is 0.498. The van der Waals surface area contributed by atoms with Crippen LogP contribution in [-0.2, 0) is 4.74 Å². The Kier molecular flexibility index (Phi) is 6.92. The van der Waals surface area contributed by atoms with Gasteiger partial charge in [-0.3, -0.25) is 4.90 Å². The third-order valence-corrected chi connectivity index (χ3v) is 7.98. The molecule has 3 heterocycles. The average Bonchev–Trinajstić information content (AvgIpc) is 3.31. The van der Waals surface area contributed by atoms with Crippen molar-refractivity contribution in [1.82, 2.24) is 19.4 Å². The van der Waals surface area contributed by atoms with E-state index < -0.39 is 29.4 Å². The summed E-state index contributed by atoms with van der Waals surface area (Å²) in [6, 6.07) is 0. The molecule has 1 aromatic rings. The number of piperidine rings is 2. The minimum Gasteiger partial charge on any atom is -0.450 e. The van der Waals surface area contributed by atoms with Gasteiger partial charge in [0.2, 0.25) is 0 Å². The van der Waals surface area contributed by atoms with Crippen molar-refractivity contribution in [2.45, 2.75) is 70.7 Å². The second kappa shape index (κ2) is 9.55. The summed E-state index contributed by atoms with van der Waals surface area (Å²) in [5.41, 5.74) is -0.374. The van der Waals surface area contributed by atoms with Gasteiger partial charge in [-0.1, -0.05) is 0 Å². The number of rotatable bonds is 5. The van der Waals surface area contributed by atoms with E-state index in [1.807, 2.05) is 0 Å². The molecule has 1 amide bonds. The average molecular weight is 466 g/mol. The van der Waals surface area contributed by atoms with Crippen LogP contribution in [0.1, 0.15) is 57.4 Å². The summed E-state index contributed by atoms with van der Waals surface area (Å²) in [5, 5.41) is 32.5. The number of aromatic nitrogens is 2. The molecule has 184 valence electrons. The summed E-state index contributed by atoms with van der Waals surface area (Å²) in [7, 11) is 0. The van der Waals surface area contributed by atoms with Crippen LogP contribution in [-0.4, -0.2) is 85.6 Å². The summed E-state index contributed by atoms with van der Waals surface area (Å²) in [5.74, 6) is 0.608. The Morgan fingerprint density at radius 2 is 1.91 bits per heavy atom. The zero-order chi connectivity index (χ0) is 23.8. The van der Waals surface area contributed by atoms with Gasteiger partial charge in [0.1, 0.15) is 6.20 Å². The summed E-state index contributed by atoms with van der Waals surface area (Å²) in [4.78, 5) is 31.9. The van der Waals surface area contributed by atoms with Crippen LogP contribution >= 0.6 is 0 Å². The second-order valence-corrected chi connectivity index (χ2v) is 9.70. The smallest absolute Gasteiger partial charge is 0.413 e. The number of carbonyl (C=O) groups is 1. The maximum atomic E-state index is 12.6. The van der Waals surface area contributed by atoms with Crippen molar-refractivity contribution in [2.75, 3.05) is 32.8 Å². The van der Waals surface area contributed by atoms with Gasteiger partial charge in [-0.05, 0) is 63.0 Å². The number of imidazole rings is 1. The highest BCUT2D eigenvalue weighted by Crippen LogP contribution is 2.47. The molecule has 1 spiro atoms. The molecule has 1 aromatic heterocycles. The van der Waals surface area contributed by atoms with Gasteiger partial charge >= 0.3 is 11.9 Å². The van der Waals surface area contributed by atoms with E-state index in [1.54, 1.807) is 23.3 Å². The van der Waals surface area contributed by atoms with Crippen LogP contribution in [0.15, 0.2) is 6.20 Å². The van der Waals surface area contributed by atoms with Gasteiger partial charge in [0.05, 0.1) is 18.8 Å². The molecule has 1 aliphatic carbocycles. The van der Waals surface area contributed by atoms with Crippen molar-refractivity contribution in [3.05, 3.63) is 22.1 Å². The fraction of sp³-hybridized carbons (Fsp3) is 0.818. The fourth-order valence-electron chi connectivity index (χ4n) is 6.08. The monoisotopic (exact) mass is 465 g/mol. The molecule has 3 fully saturated rings. The number of hydrogen-bond donors (Lipinski definition) is 2. The number of aliphatic hydroxyl groups is 2. The normalized spacial score (nSPS) is 30.0. The van der Waals surface area contributed by atoms with Crippen LogP contribution in [0.25, 0.3) is 0 Å². The number of nitro groups is 1. The Bertz CT molecular complexity index is 855. The van der Waals surface area contributed by atoms with Crippen molar-refractivity contribution in [1.29, 1.82) is 0 Å². The molecule has 0 bridgehead atoms. The van der Waals surface area contributed by atoms with Gasteiger partial charge in [0.25, 0.3) is 0 Å². The number of likely N-dealkylation sites (tertiary alicyclic amines) is 2. The van der Waals surface area contributed by atoms with E-state index in [2.05, 4.69) is 9.88 Å². The molecule has 11 nitrogen and oxygen atoms in total. The number of hydrogen-bond acceptors (Lipinski definition) is 8. The zero-order valence-corrected chi connectivity index (χ0v) is 19.4. The van der Waals surface area contributed by atoms with Crippen molar-refractivity contribution in [3.8, 4) is 0 Å². The Hall–Kier alpha value is -2.24. The lowest BCUT2D eigenvalue weighted by molar-refractivity contribution is -0.393. The summed E-state index contributed by atoms with van der Waals surface area (Å²) in [6.45, 7) is 6.58. The fourth-order valence-corrected chi connectivity index (χ4v) is 6.08. The molecular weight excluding hydrogens is 430 g/mol. The number of amides is 1. The number of carbonyl (C=O) groups excluding carboxylic acids is 1. The maximum absolute atomic E-state index is 12.6. The Balaban J connectivity index is 1.47.